The lowest BCUT2D eigenvalue weighted by Gasteiger charge is -1.93. The minimum absolute atomic E-state index is 0.125. The highest BCUT2D eigenvalue weighted by Crippen LogP contribution is 1.93. The predicted molar refractivity (Wildman–Crippen MR) is 37.5 cm³/mol. The number of hydrogen-bond acceptors (Lipinski definition) is 4. The standard InChI is InChI=1S/C4H9NO5S/c6-5(7)3-1-2-4-11(8,9)10/h1-4H2,(H,8,9,10). The van der Waals surface area contributed by atoms with Gasteiger partial charge in [-0.3, -0.25) is 14.7 Å². The molecule has 0 amide bonds. The van der Waals surface area contributed by atoms with E-state index in [2.05, 4.69) is 0 Å². The Balaban J connectivity index is 3.37. The highest BCUT2D eigenvalue weighted by atomic mass is 32.2. The summed E-state index contributed by atoms with van der Waals surface area (Å²) >= 11 is 0. The maximum absolute atomic E-state index is 10.1. The van der Waals surface area contributed by atoms with Crippen LogP contribution in [0.1, 0.15) is 12.8 Å². The van der Waals surface area contributed by atoms with Gasteiger partial charge in [0.2, 0.25) is 6.54 Å². The Hall–Kier alpha value is -0.690. The van der Waals surface area contributed by atoms with Crippen LogP contribution in [-0.2, 0) is 10.1 Å². The van der Waals surface area contributed by atoms with Crippen LogP contribution in [0.3, 0.4) is 0 Å². The van der Waals surface area contributed by atoms with Crippen LogP contribution in [0.15, 0.2) is 0 Å². The Morgan fingerprint density at radius 3 is 2.27 bits per heavy atom. The SMILES string of the molecule is O=[N+]([O-])CCCCS(=O)(=O)O. The third-order valence-electron chi connectivity index (χ3n) is 0.993. The zero-order valence-corrected chi connectivity index (χ0v) is 6.58. The molecule has 0 aliphatic rings. The average Bonchev–Trinajstić information content (AvgIpc) is 1.78. The second-order valence-corrected chi connectivity index (χ2v) is 3.62. The molecule has 0 aromatic rings. The third-order valence-corrected chi connectivity index (χ3v) is 1.80. The Labute approximate surface area is 64.1 Å². The van der Waals surface area contributed by atoms with Crippen molar-refractivity contribution in [1.29, 1.82) is 0 Å². The lowest BCUT2D eigenvalue weighted by molar-refractivity contribution is -0.480. The van der Waals surface area contributed by atoms with Crippen LogP contribution in [-0.4, -0.2) is 30.2 Å². The van der Waals surface area contributed by atoms with E-state index < -0.39 is 20.8 Å². The van der Waals surface area contributed by atoms with Gasteiger partial charge in [-0.15, -0.1) is 0 Å². The Kier molecular flexibility index (Phi) is 3.98. The Morgan fingerprint density at radius 2 is 1.91 bits per heavy atom. The smallest absolute Gasteiger partial charge is 0.264 e. The first-order valence-corrected chi connectivity index (χ1v) is 4.60. The van der Waals surface area contributed by atoms with Crippen molar-refractivity contribution in [2.24, 2.45) is 0 Å². The first kappa shape index (κ1) is 10.3. The number of nitro groups is 1. The molecule has 0 unspecified atom stereocenters. The molecule has 1 N–H and O–H groups in total. The van der Waals surface area contributed by atoms with Crippen LogP contribution in [0.25, 0.3) is 0 Å². The van der Waals surface area contributed by atoms with Gasteiger partial charge in [-0.2, -0.15) is 8.42 Å². The third kappa shape index (κ3) is 9.31. The van der Waals surface area contributed by atoms with Crippen LogP contribution in [0.2, 0.25) is 0 Å². The van der Waals surface area contributed by atoms with Gasteiger partial charge in [0.1, 0.15) is 0 Å². The molecule has 0 saturated carbocycles. The molecule has 0 aliphatic heterocycles. The highest BCUT2D eigenvalue weighted by molar-refractivity contribution is 7.85. The number of hydrogen-bond donors (Lipinski definition) is 1. The summed E-state index contributed by atoms with van der Waals surface area (Å²) in [6, 6.07) is 0. The minimum Gasteiger partial charge on any atom is -0.286 e. The molecule has 0 rings (SSSR count). The first-order chi connectivity index (χ1) is 4.92. The summed E-state index contributed by atoms with van der Waals surface area (Å²) in [5.41, 5.74) is 0. The van der Waals surface area contributed by atoms with E-state index in [1.165, 1.54) is 0 Å². The molecular weight excluding hydrogens is 174 g/mol. The summed E-state index contributed by atoms with van der Waals surface area (Å²) in [4.78, 5) is 9.19. The lowest BCUT2D eigenvalue weighted by Crippen LogP contribution is -2.07. The van der Waals surface area contributed by atoms with Crippen LogP contribution in [0.4, 0.5) is 0 Å². The molecule has 0 bridgehead atoms. The molecule has 0 spiro atoms. The average molecular weight is 183 g/mol. The lowest BCUT2D eigenvalue weighted by atomic mass is 10.3. The fraction of sp³-hybridized carbons (Fsp3) is 1.00. The van der Waals surface area contributed by atoms with E-state index in [4.69, 9.17) is 4.55 Å². The van der Waals surface area contributed by atoms with E-state index in [1.807, 2.05) is 0 Å². The first-order valence-electron chi connectivity index (χ1n) is 2.99. The largest absolute Gasteiger partial charge is 0.286 e. The molecule has 66 valence electrons. The van der Waals surface area contributed by atoms with E-state index in [1.54, 1.807) is 0 Å². The van der Waals surface area contributed by atoms with Crippen LogP contribution in [0.5, 0.6) is 0 Å². The van der Waals surface area contributed by atoms with Gasteiger partial charge in [0.15, 0.2) is 0 Å². The van der Waals surface area contributed by atoms with Gasteiger partial charge in [-0.1, -0.05) is 0 Å². The molecule has 0 aromatic heterocycles. The van der Waals surface area contributed by atoms with Gasteiger partial charge >= 0.3 is 0 Å². The van der Waals surface area contributed by atoms with E-state index in [0.29, 0.717) is 0 Å². The zero-order chi connectivity index (χ0) is 8.91. The summed E-state index contributed by atoms with van der Waals surface area (Å²) in [5.74, 6) is -0.402. The molecule has 0 aliphatic carbocycles. The number of nitrogens with zero attached hydrogens (tertiary/aromatic N) is 1. The molecule has 0 radical (unpaired) electrons. The fourth-order valence-electron chi connectivity index (χ4n) is 0.525. The Bertz CT molecular complexity index is 221. The summed E-state index contributed by atoms with van der Waals surface area (Å²) in [6.45, 7) is -0.254. The second-order valence-electron chi connectivity index (χ2n) is 2.05. The van der Waals surface area contributed by atoms with E-state index in [9.17, 15) is 18.5 Å². The molecule has 0 fully saturated rings. The molecule has 6 nitrogen and oxygen atoms in total. The maximum atomic E-state index is 10.1. The van der Waals surface area contributed by atoms with Crippen molar-refractivity contribution in [3.05, 3.63) is 10.1 Å². The maximum Gasteiger partial charge on any atom is 0.264 e. The van der Waals surface area contributed by atoms with Crippen molar-refractivity contribution < 1.29 is 17.9 Å². The normalized spacial score (nSPS) is 11.4. The number of rotatable bonds is 5. The molecular formula is C4H9NO5S. The van der Waals surface area contributed by atoms with Crippen molar-refractivity contribution in [2.45, 2.75) is 12.8 Å². The quantitative estimate of drug-likeness (QED) is 0.278. The summed E-state index contributed by atoms with van der Waals surface area (Å²) in [6.07, 6.45) is 0.298. The van der Waals surface area contributed by atoms with Gasteiger partial charge < -0.3 is 0 Å². The minimum atomic E-state index is -3.94. The van der Waals surface area contributed by atoms with Crippen molar-refractivity contribution in [3.63, 3.8) is 0 Å². The number of unbranched alkanes of at least 4 members (excludes halogenated alkanes) is 1. The molecule has 0 heterocycles. The predicted octanol–water partition coefficient (Wildman–Crippen LogP) is -0.0689. The molecule has 11 heavy (non-hydrogen) atoms. The van der Waals surface area contributed by atoms with Gasteiger partial charge in [0, 0.05) is 11.3 Å². The van der Waals surface area contributed by atoms with Crippen molar-refractivity contribution >= 4 is 10.1 Å². The van der Waals surface area contributed by atoms with E-state index in [-0.39, 0.29) is 19.4 Å². The summed E-state index contributed by atoms with van der Waals surface area (Å²) in [5, 5.41) is 9.72. The molecule has 7 heteroatoms. The fourth-order valence-corrected chi connectivity index (χ4v) is 1.09. The molecule has 0 saturated heterocycles. The van der Waals surface area contributed by atoms with Crippen molar-refractivity contribution in [3.8, 4) is 0 Å². The monoisotopic (exact) mass is 183 g/mol. The summed E-state index contributed by atoms with van der Waals surface area (Å²) in [7, 11) is -3.94. The van der Waals surface area contributed by atoms with E-state index in [0.717, 1.165) is 0 Å². The van der Waals surface area contributed by atoms with Crippen molar-refractivity contribution in [1.82, 2.24) is 0 Å². The Morgan fingerprint density at radius 1 is 1.36 bits per heavy atom. The van der Waals surface area contributed by atoms with Crippen molar-refractivity contribution in [2.75, 3.05) is 12.3 Å². The highest BCUT2D eigenvalue weighted by Gasteiger charge is 2.04. The molecule has 0 atom stereocenters. The zero-order valence-electron chi connectivity index (χ0n) is 5.76. The van der Waals surface area contributed by atoms with Gasteiger partial charge in [-0.25, -0.2) is 0 Å². The van der Waals surface area contributed by atoms with Gasteiger partial charge in [-0.05, 0) is 6.42 Å². The van der Waals surface area contributed by atoms with Crippen LogP contribution < -0.4 is 0 Å². The topological polar surface area (TPSA) is 97.5 Å². The van der Waals surface area contributed by atoms with Crippen LogP contribution >= 0.6 is 0 Å². The second kappa shape index (κ2) is 4.24. The summed E-state index contributed by atoms with van der Waals surface area (Å²) < 4.78 is 28.3. The van der Waals surface area contributed by atoms with Gasteiger partial charge in [0.05, 0.1) is 5.75 Å². The van der Waals surface area contributed by atoms with E-state index >= 15 is 0 Å². The van der Waals surface area contributed by atoms with Gasteiger partial charge in [0.25, 0.3) is 10.1 Å². The van der Waals surface area contributed by atoms with Crippen LogP contribution in [0, 0.1) is 10.1 Å². The molecule has 0 aromatic carbocycles.